The Morgan fingerprint density at radius 3 is 2.62 bits per heavy atom. The van der Waals surface area contributed by atoms with Gasteiger partial charge in [-0.15, -0.1) is 0 Å². The van der Waals surface area contributed by atoms with E-state index in [0.29, 0.717) is 12.1 Å². The SMILES string of the molecule is CC(C)N1Cc2ccccc2C1C1(N)CC1. The molecule has 1 fully saturated rings. The molecule has 86 valence electrons. The summed E-state index contributed by atoms with van der Waals surface area (Å²) in [5, 5.41) is 0. The molecule has 1 saturated carbocycles. The van der Waals surface area contributed by atoms with Crippen molar-refractivity contribution in [3.8, 4) is 0 Å². The minimum atomic E-state index is 0.0525. The molecule has 0 amide bonds. The van der Waals surface area contributed by atoms with Gasteiger partial charge in [0, 0.05) is 18.1 Å². The fourth-order valence-electron chi connectivity index (χ4n) is 2.95. The molecular formula is C14H20N2. The summed E-state index contributed by atoms with van der Waals surface area (Å²) in [5.41, 5.74) is 9.44. The third kappa shape index (κ3) is 1.40. The fraction of sp³-hybridized carbons (Fsp3) is 0.571. The zero-order chi connectivity index (χ0) is 11.3. The molecule has 2 nitrogen and oxygen atoms in total. The van der Waals surface area contributed by atoms with Crippen LogP contribution in [0.25, 0.3) is 0 Å². The minimum Gasteiger partial charge on any atom is -0.323 e. The van der Waals surface area contributed by atoms with E-state index < -0.39 is 0 Å². The van der Waals surface area contributed by atoms with Gasteiger partial charge in [0.05, 0.1) is 6.04 Å². The second-order valence-electron chi connectivity index (χ2n) is 5.60. The van der Waals surface area contributed by atoms with E-state index in [9.17, 15) is 0 Å². The van der Waals surface area contributed by atoms with Crippen LogP contribution in [0.3, 0.4) is 0 Å². The first-order valence-electron chi connectivity index (χ1n) is 6.24. The Kier molecular flexibility index (Phi) is 2.13. The first kappa shape index (κ1) is 10.3. The first-order valence-corrected chi connectivity index (χ1v) is 6.24. The summed E-state index contributed by atoms with van der Waals surface area (Å²) in [7, 11) is 0. The highest BCUT2D eigenvalue weighted by atomic mass is 15.2. The molecule has 2 aliphatic rings. The Morgan fingerprint density at radius 2 is 2.00 bits per heavy atom. The molecule has 0 saturated heterocycles. The topological polar surface area (TPSA) is 29.3 Å². The van der Waals surface area contributed by atoms with E-state index in [1.807, 2.05) is 0 Å². The summed E-state index contributed by atoms with van der Waals surface area (Å²) in [6.07, 6.45) is 2.35. The van der Waals surface area contributed by atoms with Crippen LogP contribution in [0.2, 0.25) is 0 Å². The van der Waals surface area contributed by atoms with Crippen molar-refractivity contribution < 1.29 is 0 Å². The number of benzene rings is 1. The van der Waals surface area contributed by atoms with Crippen LogP contribution in [-0.2, 0) is 6.54 Å². The molecule has 1 aliphatic carbocycles. The van der Waals surface area contributed by atoms with E-state index in [1.54, 1.807) is 0 Å². The lowest BCUT2D eigenvalue weighted by atomic mass is 9.97. The maximum atomic E-state index is 6.45. The number of nitrogens with two attached hydrogens (primary N) is 1. The number of hydrogen-bond acceptors (Lipinski definition) is 2. The van der Waals surface area contributed by atoms with Gasteiger partial charge in [0.25, 0.3) is 0 Å². The lowest BCUT2D eigenvalue weighted by molar-refractivity contribution is 0.139. The Bertz CT molecular complexity index is 407. The van der Waals surface area contributed by atoms with Crippen molar-refractivity contribution in [3.05, 3.63) is 35.4 Å². The smallest absolute Gasteiger partial charge is 0.0537 e. The molecule has 2 heteroatoms. The molecule has 3 rings (SSSR count). The van der Waals surface area contributed by atoms with E-state index in [0.717, 1.165) is 6.54 Å². The largest absolute Gasteiger partial charge is 0.323 e. The van der Waals surface area contributed by atoms with Gasteiger partial charge >= 0.3 is 0 Å². The maximum absolute atomic E-state index is 6.45. The van der Waals surface area contributed by atoms with Gasteiger partial charge in [-0.2, -0.15) is 0 Å². The van der Waals surface area contributed by atoms with Crippen LogP contribution in [0.15, 0.2) is 24.3 Å². The summed E-state index contributed by atoms with van der Waals surface area (Å²) >= 11 is 0. The van der Waals surface area contributed by atoms with Gasteiger partial charge in [-0.1, -0.05) is 24.3 Å². The van der Waals surface area contributed by atoms with Gasteiger partial charge in [-0.25, -0.2) is 0 Å². The molecule has 1 unspecified atom stereocenters. The molecule has 1 aliphatic heterocycles. The monoisotopic (exact) mass is 216 g/mol. The Hall–Kier alpha value is -0.860. The lowest BCUT2D eigenvalue weighted by Crippen LogP contribution is -2.42. The predicted molar refractivity (Wildman–Crippen MR) is 66.0 cm³/mol. The van der Waals surface area contributed by atoms with Crippen LogP contribution < -0.4 is 5.73 Å². The number of fused-ring (bicyclic) bond motifs is 1. The normalized spacial score (nSPS) is 27.1. The van der Waals surface area contributed by atoms with Crippen molar-refractivity contribution >= 4 is 0 Å². The van der Waals surface area contributed by atoms with Crippen LogP contribution in [0.4, 0.5) is 0 Å². The van der Waals surface area contributed by atoms with Crippen LogP contribution in [0.5, 0.6) is 0 Å². The second-order valence-corrected chi connectivity index (χ2v) is 5.60. The van der Waals surface area contributed by atoms with Crippen molar-refractivity contribution in [2.45, 2.75) is 50.9 Å². The third-order valence-electron chi connectivity index (χ3n) is 4.07. The summed E-state index contributed by atoms with van der Waals surface area (Å²) in [5.74, 6) is 0. The molecule has 16 heavy (non-hydrogen) atoms. The fourth-order valence-corrected chi connectivity index (χ4v) is 2.95. The molecule has 1 aromatic rings. The third-order valence-corrected chi connectivity index (χ3v) is 4.07. The van der Waals surface area contributed by atoms with Gasteiger partial charge in [-0.3, -0.25) is 4.90 Å². The first-order chi connectivity index (χ1) is 7.62. The van der Waals surface area contributed by atoms with Crippen LogP contribution >= 0.6 is 0 Å². The summed E-state index contributed by atoms with van der Waals surface area (Å²) < 4.78 is 0. The van der Waals surface area contributed by atoms with E-state index in [4.69, 9.17) is 5.73 Å². The van der Waals surface area contributed by atoms with Crippen LogP contribution in [-0.4, -0.2) is 16.5 Å². The summed E-state index contributed by atoms with van der Waals surface area (Å²) in [6.45, 7) is 5.60. The molecule has 0 radical (unpaired) electrons. The zero-order valence-electron chi connectivity index (χ0n) is 10.1. The second kappa shape index (κ2) is 3.31. The quantitative estimate of drug-likeness (QED) is 0.822. The summed E-state index contributed by atoms with van der Waals surface area (Å²) in [4.78, 5) is 2.55. The van der Waals surface area contributed by atoms with Gasteiger partial charge in [-0.05, 0) is 37.8 Å². The van der Waals surface area contributed by atoms with Crippen molar-refractivity contribution in [3.63, 3.8) is 0 Å². The predicted octanol–water partition coefficient (Wildman–Crippen LogP) is 2.44. The molecule has 1 heterocycles. The highest BCUT2D eigenvalue weighted by Crippen LogP contribution is 2.51. The lowest BCUT2D eigenvalue weighted by Gasteiger charge is -2.33. The van der Waals surface area contributed by atoms with Gasteiger partial charge in [0.15, 0.2) is 0 Å². The zero-order valence-corrected chi connectivity index (χ0v) is 10.1. The highest BCUT2D eigenvalue weighted by Gasteiger charge is 2.52. The standard InChI is InChI=1S/C14H20N2/c1-10(2)16-9-11-5-3-4-6-12(11)13(16)14(15)7-8-14/h3-6,10,13H,7-9,15H2,1-2H3. The van der Waals surface area contributed by atoms with Crippen molar-refractivity contribution in [1.82, 2.24) is 4.90 Å². The molecular weight excluding hydrogens is 196 g/mol. The summed E-state index contributed by atoms with van der Waals surface area (Å²) in [6, 6.07) is 9.80. The Balaban J connectivity index is 2.03. The molecule has 1 atom stereocenters. The Labute approximate surface area is 97.4 Å². The number of hydrogen-bond donors (Lipinski definition) is 1. The van der Waals surface area contributed by atoms with E-state index in [2.05, 4.69) is 43.0 Å². The van der Waals surface area contributed by atoms with Crippen molar-refractivity contribution in [2.75, 3.05) is 0 Å². The van der Waals surface area contributed by atoms with Crippen LogP contribution in [0, 0.1) is 0 Å². The van der Waals surface area contributed by atoms with E-state index >= 15 is 0 Å². The average molecular weight is 216 g/mol. The van der Waals surface area contributed by atoms with Gasteiger partial charge < -0.3 is 5.73 Å². The van der Waals surface area contributed by atoms with Crippen molar-refractivity contribution in [1.29, 1.82) is 0 Å². The molecule has 1 aromatic carbocycles. The van der Waals surface area contributed by atoms with Gasteiger partial charge in [0.1, 0.15) is 0 Å². The molecule has 0 bridgehead atoms. The number of nitrogens with zero attached hydrogens (tertiary/aromatic N) is 1. The van der Waals surface area contributed by atoms with Crippen LogP contribution in [0.1, 0.15) is 43.9 Å². The maximum Gasteiger partial charge on any atom is 0.0537 e. The average Bonchev–Trinajstić information content (AvgIpc) is 2.87. The van der Waals surface area contributed by atoms with E-state index in [1.165, 1.54) is 24.0 Å². The van der Waals surface area contributed by atoms with Gasteiger partial charge in [0.2, 0.25) is 0 Å². The molecule has 2 N–H and O–H groups in total. The molecule has 0 spiro atoms. The van der Waals surface area contributed by atoms with Crippen molar-refractivity contribution in [2.24, 2.45) is 5.73 Å². The Morgan fingerprint density at radius 1 is 1.31 bits per heavy atom. The molecule has 0 aromatic heterocycles. The number of rotatable bonds is 2. The minimum absolute atomic E-state index is 0.0525. The van der Waals surface area contributed by atoms with E-state index in [-0.39, 0.29) is 5.54 Å². The highest BCUT2D eigenvalue weighted by molar-refractivity contribution is 5.38.